The van der Waals surface area contributed by atoms with Gasteiger partial charge in [-0.1, -0.05) is 29.4 Å². The van der Waals surface area contributed by atoms with Crippen molar-refractivity contribution in [2.45, 2.75) is 0 Å². The molecule has 3 aromatic rings. The standard InChI is InChI=1S/C17H11NO3/c1-20-11-8-6-10(7-9-11)17-14-15(18-21-17)12-4-2-3-5-13(12)16(14)19/h2-9H,1H3. The number of methoxy groups -OCH3 is 1. The van der Waals surface area contributed by atoms with E-state index in [1.54, 1.807) is 7.11 Å². The molecular weight excluding hydrogens is 266 g/mol. The van der Waals surface area contributed by atoms with Gasteiger partial charge < -0.3 is 9.26 Å². The second kappa shape index (κ2) is 4.31. The topological polar surface area (TPSA) is 52.3 Å². The number of hydrogen-bond donors (Lipinski definition) is 0. The first-order valence-electron chi connectivity index (χ1n) is 6.58. The van der Waals surface area contributed by atoms with Crippen LogP contribution in [0.25, 0.3) is 22.6 Å². The Labute approximate surface area is 121 Å². The first-order chi connectivity index (χ1) is 10.3. The number of fused-ring (bicyclic) bond motifs is 3. The molecule has 0 unspecified atom stereocenters. The summed E-state index contributed by atoms with van der Waals surface area (Å²) in [6.07, 6.45) is 0. The maximum atomic E-state index is 12.5. The van der Waals surface area contributed by atoms with Gasteiger partial charge in [0.05, 0.1) is 12.7 Å². The number of carbonyl (C=O) groups excluding carboxylic acids is 1. The van der Waals surface area contributed by atoms with E-state index in [-0.39, 0.29) is 5.78 Å². The fraction of sp³-hybridized carbons (Fsp3) is 0.0588. The van der Waals surface area contributed by atoms with E-state index in [4.69, 9.17) is 9.26 Å². The highest BCUT2D eigenvalue weighted by Crippen LogP contribution is 2.41. The summed E-state index contributed by atoms with van der Waals surface area (Å²) < 4.78 is 10.6. The summed E-state index contributed by atoms with van der Waals surface area (Å²) in [5.74, 6) is 1.23. The van der Waals surface area contributed by atoms with Crippen LogP contribution in [-0.2, 0) is 0 Å². The second-order valence-corrected chi connectivity index (χ2v) is 4.84. The molecule has 0 N–H and O–H groups in total. The lowest BCUT2D eigenvalue weighted by molar-refractivity contribution is 0.104. The Hall–Kier alpha value is -2.88. The van der Waals surface area contributed by atoms with Crippen LogP contribution in [0.1, 0.15) is 15.9 Å². The molecule has 0 spiro atoms. The van der Waals surface area contributed by atoms with Gasteiger partial charge in [-0.2, -0.15) is 0 Å². The minimum Gasteiger partial charge on any atom is -0.497 e. The highest BCUT2D eigenvalue weighted by Gasteiger charge is 2.34. The van der Waals surface area contributed by atoms with Gasteiger partial charge in [0.1, 0.15) is 11.4 Å². The van der Waals surface area contributed by atoms with Crippen LogP contribution in [0.15, 0.2) is 53.1 Å². The van der Waals surface area contributed by atoms with Crippen LogP contribution >= 0.6 is 0 Å². The van der Waals surface area contributed by atoms with Crippen molar-refractivity contribution < 1.29 is 14.1 Å². The lowest BCUT2D eigenvalue weighted by Crippen LogP contribution is -1.96. The predicted octanol–water partition coefficient (Wildman–Crippen LogP) is 3.56. The van der Waals surface area contributed by atoms with Crippen LogP contribution in [-0.4, -0.2) is 18.0 Å². The SMILES string of the molecule is COc1ccc(-c2onc3c2C(=O)c2ccccc2-3)cc1. The van der Waals surface area contributed by atoms with Gasteiger partial charge in [-0.25, -0.2) is 0 Å². The molecule has 4 heteroatoms. The van der Waals surface area contributed by atoms with E-state index in [1.807, 2.05) is 48.5 Å². The third-order valence-corrected chi connectivity index (χ3v) is 3.70. The smallest absolute Gasteiger partial charge is 0.199 e. The summed E-state index contributed by atoms with van der Waals surface area (Å²) in [6, 6.07) is 14.8. The number of ketones is 1. The molecule has 0 radical (unpaired) electrons. The maximum absolute atomic E-state index is 12.5. The Morgan fingerprint density at radius 1 is 1.00 bits per heavy atom. The van der Waals surface area contributed by atoms with Gasteiger partial charge in [0.15, 0.2) is 11.5 Å². The molecule has 0 amide bonds. The van der Waals surface area contributed by atoms with Crippen LogP contribution in [0, 0.1) is 0 Å². The zero-order chi connectivity index (χ0) is 14.4. The van der Waals surface area contributed by atoms with E-state index >= 15 is 0 Å². The van der Waals surface area contributed by atoms with E-state index in [1.165, 1.54) is 0 Å². The maximum Gasteiger partial charge on any atom is 0.199 e. The molecule has 2 aromatic carbocycles. The summed E-state index contributed by atoms with van der Waals surface area (Å²) >= 11 is 0. The number of benzene rings is 2. The van der Waals surface area contributed by atoms with Gasteiger partial charge >= 0.3 is 0 Å². The molecule has 0 atom stereocenters. The average molecular weight is 277 g/mol. The Bertz CT molecular complexity index is 847. The van der Waals surface area contributed by atoms with Gasteiger partial charge in [0.25, 0.3) is 0 Å². The zero-order valence-electron chi connectivity index (χ0n) is 11.3. The second-order valence-electron chi connectivity index (χ2n) is 4.84. The number of ether oxygens (including phenoxy) is 1. The van der Waals surface area contributed by atoms with Crippen molar-refractivity contribution in [3.05, 3.63) is 59.7 Å². The molecule has 1 aliphatic carbocycles. The number of rotatable bonds is 2. The fourth-order valence-electron chi connectivity index (χ4n) is 2.65. The van der Waals surface area contributed by atoms with Crippen molar-refractivity contribution in [2.75, 3.05) is 7.11 Å². The summed E-state index contributed by atoms with van der Waals surface area (Å²) in [5, 5.41) is 4.08. The van der Waals surface area contributed by atoms with Crippen molar-refractivity contribution in [1.82, 2.24) is 5.16 Å². The first-order valence-corrected chi connectivity index (χ1v) is 6.58. The molecule has 1 aliphatic rings. The lowest BCUT2D eigenvalue weighted by Gasteiger charge is -2.01. The quantitative estimate of drug-likeness (QED) is 0.562. The highest BCUT2D eigenvalue weighted by atomic mass is 16.5. The fourth-order valence-corrected chi connectivity index (χ4v) is 2.65. The monoisotopic (exact) mass is 277 g/mol. The number of aromatic nitrogens is 1. The summed E-state index contributed by atoms with van der Waals surface area (Å²) in [6.45, 7) is 0. The summed E-state index contributed by atoms with van der Waals surface area (Å²) in [5.41, 5.74) is 3.50. The third-order valence-electron chi connectivity index (χ3n) is 3.70. The predicted molar refractivity (Wildman–Crippen MR) is 77.4 cm³/mol. The van der Waals surface area contributed by atoms with Gasteiger partial charge in [0, 0.05) is 16.7 Å². The van der Waals surface area contributed by atoms with Gasteiger partial charge in [-0.3, -0.25) is 4.79 Å². The number of carbonyl (C=O) groups is 1. The zero-order valence-corrected chi connectivity index (χ0v) is 11.3. The molecule has 0 bridgehead atoms. The van der Waals surface area contributed by atoms with Gasteiger partial charge in [0.2, 0.25) is 0 Å². The van der Waals surface area contributed by atoms with E-state index in [0.29, 0.717) is 22.6 Å². The van der Waals surface area contributed by atoms with E-state index in [2.05, 4.69) is 5.16 Å². The van der Waals surface area contributed by atoms with Crippen molar-refractivity contribution in [2.24, 2.45) is 0 Å². The van der Waals surface area contributed by atoms with Crippen molar-refractivity contribution in [3.8, 4) is 28.3 Å². The summed E-state index contributed by atoms with van der Waals surface area (Å²) in [7, 11) is 1.61. The molecule has 0 fully saturated rings. The molecule has 0 saturated carbocycles. The molecule has 4 rings (SSSR count). The highest BCUT2D eigenvalue weighted by molar-refractivity contribution is 6.23. The molecule has 1 heterocycles. The Morgan fingerprint density at radius 3 is 2.43 bits per heavy atom. The van der Waals surface area contributed by atoms with Crippen molar-refractivity contribution in [3.63, 3.8) is 0 Å². The normalized spacial score (nSPS) is 12.1. The van der Waals surface area contributed by atoms with Crippen LogP contribution in [0.5, 0.6) is 5.75 Å². The molecule has 4 nitrogen and oxygen atoms in total. The first kappa shape index (κ1) is 11.9. The van der Waals surface area contributed by atoms with Crippen LogP contribution in [0.3, 0.4) is 0 Å². The molecule has 0 aliphatic heterocycles. The largest absolute Gasteiger partial charge is 0.497 e. The van der Waals surface area contributed by atoms with Crippen molar-refractivity contribution >= 4 is 5.78 Å². The average Bonchev–Trinajstić information content (AvgIpc) is 3.09. The molecule has 21 heavy (non-hydrogen) atoms. The van der Waals surface area contributed by atoms with E-state index in [9.17, 15) is 4.79 Å². The Balaban J connectivity index is 1.88. The number of hydrogen-bond acceptors (Lipinski definition) is 4. The van der Waals surface area contributed by atoms with Crippen molar-refractivity contribution in [1.29, 1.82) is 0 Å². The molecular formula is C17H11NO3. The van der Waals surface area contributed by atoms with Crippen LogP contribution < -0.4 is 4.74 Å². The van der Waals surface area contributed by atoms with E-state index in [0.717, 1.165) is 16.9 Å². The molecule has 0 saturated heterocycles. The third kappa shape index (κ3) is 1.62. The Kier molecular flexibility index (Phi) is 2.44. The van der Waals surface area contributed by atoms with Crippen LogP contribution in [0.4, 0.5) is 0 Å². The van der Waals surface area contributed by atoms with Gasteiger partial charge in [-0.05, 0) is 24.3 Å². The number of nitrogens with zero attached hydrogens (tertiary/aromatic N) is 1. The van der Waals surface area contributed by atoms with Gasteiger partial charge in [-0.15, -0.1) is 0 Å². The Morgan fingerprint density at radius 2 is 1.71 bits per heavy atom. The molecule has 1 aromatic heterocycles. The summed E-state index contributed by atoms with van der Waals surface area (Å²) in [4.78, 5) is 12.5. The lowest BCUT2D eigenvalue weighted by atomic mass is 10.1. The minimum absolute atomic E-state index is 0.0346. The van der Waals surface area contributed by atoms with E-state index < -0.39 is 0 Å². The minimum atomic E-state index is -0.0346. The van der Waals surface area contributed by atoms with Crippen LogP contribution in [0.2, 0.25) is 0 Å². The molecule has 102 valence electrons.